The molecule has 2 aromatic heterocycles. The second kappa shape index (κ2) is 7.88. The Morgan fingerprint density at radius 2 is 1.68 bits per heavy atom. The lowest BCUT2D eigenvalue weighted by atomic mass is 10.0. The molecule has 0 spiro atoms. The van der Waals surface area contributed by atoms with Crippen molar-refractivity contribution in [2.45, 2.75) is 6.54 Å². The Hall–Kier alpha value is -3.73. The number of hydrogen-bond donors (Lipinski definition) is 1. The first-order valence-electron chi connectivity index (χ1n) is 9.07. The second-order valence-corrected chi connectivity index (χ2v) is 6.55. The molecule has 0 aliphatic heterocycles. The third-order valence-electron chi connectivity index (χ3n) is 4.62. The minimum absolute atomic E-state index is 0.106. The normalized spacial score (nSPS) is 10.6. The minimum atomic E-state index is -0.106. The van der Waals surface area contributed by atoms with E-state index in [1.807, 2.05) is 61.6 Å². The van der Waals surface area contributed by atoms with Gasteiger partial charge in [-0.2, -0.15) is 5.10 Å². The molecular weight excluding hydrogens is 348 g/mol. The number of hydrogen-bond acceptors (Lipinski definition) is 3. The van der Waals surface area contributed by atoms with Crippen LogP contribution in [-0.4, -0.2) is 20.7 Å². The highest BCUT2D eigenvalue weighted by atomic mass is 16.1. The van der Waals surface area contributed by atoms with E-state index < -0.39 is 0 Å². The molecule has 0 unspecified atom stereocenters. The topological polar surface area (TPSA) is 59.8 Å². The van der Waals surface area contributed by atoms with Crippen LogP contribution in [0.1, 0.15) is 15.9 Å². The number of pyridine rings is 1. The van der Waals surface area contributed by atoms with Crippen LogP contribution in [0.15, 0.2) is 85.3 Å². The largest absolute Gasteiger partial charge is 0.348 e. The molecule has 5 heteroatoms. The van der Waals surface area contributed by atoms with Crippen molar-refractivity contribution >= 4 is 5.91 Å². The molecule has 4 rings (SSSR count). The van der Waals surface area contributed by atoms with Gasteiger partial charge in [0.25, 0.3) is 5.91 Å². The van der Waals surface area contributed by atoms with Gasteiger partial charge < -0.3 is 5.32 Å². The van der Waals surface area contributed by atoms with Gasteiger partial charge in [-0.05, 0) is 41.0 Å². The van der Waals surface area contributed by atoms with Crippen LogP contribution in [0.2, 0.25) is 0 Å². The van der Waals surface area contributed by atoms with Crippen molar-refractivity contribution in [3.8, 4) is 22.4 Å². The van der Waals surface area contributed by atoms with Gasteiger partial charge in [0.2, 0.25) is 0 Å². The average molecular weight is 368 g/mol. The molecule has 28 heavy (non-hydrogen) atoms. The molecule has 0 bridgehead atoms. The highest BCUT2D eigenvalue weighted by Gasteiger charge is 2.08. The van der Waals surface area contributed by atoms with E-state index in [1.165, 1.54) is 0 Å². The van der Waals surface area contributed by atoms with Crippen LogP contribution in [0, 0.1) is 0 Å². The van der Waals surface area contributed by atoms with Crippen molar-refractivity contribution in [2.75, 3.05) is 0 Å². The van der Waals surface area contributed by atoms with E-state index in [0.717, 1.165) is 27.9 Å². The maximum Gasteiger partial charge on any atom is 0.251 e. The van der Waals surface area contributed by atoms with Crippen LogP contribution in [-0.2, 0) is 13.6 Å². The van der Waals surface area contributed by atoms with Crippen LogP contribution >= 0.6 is 0 Å². The third kappa shape index (κ3) is 3.83. The molecule has 1 amide bonds. The van der Waals surface area contributed by atoms with E-state index in [-0.39, 0.29) is 5.91 Å². The Balaban J connectivity index is 1.43. The molecule has 0 fully saturated rings. The Kier molecular flexibility index (Phi) is 4.97. The van der Waals surface area contributed by atoms with Gasteiger partial charge in [0.15, 0.2) is 0 Å². The molecule has 0 aliphatic carbocycles. The van der Waals surface area contributed by atoms with Crippen molar-refractivity contribution < 1.29 is 4.79 Å². The van der Waals surface area contributed by atoms with E-state index in [9.17, 15) is 4.79 Å². The second-order valence-electron chi connectivity index (χ2n) is 6.55. The van der Waals surface area contributed by atoms with Crippen LogP contribution < -0.4 is 5.32 Å². The van der Waals surface area contributed by atoms with Crippen molar-refractivity contribution in [3.05, 3.63) is 96.4 Å². The fourth-order valence-corrected chi connectivity index (χ4v) is 3.11. The highest BCUT2D eigenvalue weighted by Crippen LogP contribution is 2.20. The zero-order valence-electron chi connectivity index (χ0n) is 15.5. The first-order valence-corrected chi connectivity index (χ1v) is 9.07. The smallest absolute Gasteiger partial charge is 0.251 e. The van der Waals surface area contributed by atoms with Gasteiger partial charge in [-0.15, -0.1) is 0 Å². The Morgan fingerprint density at radius 1 is 0.929 bits per heavy atom. The number of nitrogens with one attached hydrogen (secondary N) is 1. The molecule has 5 nitrogen and oxygen atoms in total. The maximum absolute atomic E-state index is 12.5. The van der Waals surface area contributed by atoms with Crippen molar-refractivity contribution in [2.24, 2.45) is 7.05 Å². The number of carbonyl (C=O) groups excluding carboxylic acids is 1. The quantitative estimate of drug-likeness (QED) is 0.577. The molecule has 1 N–H and O–H groups in total. The van der Waals surface area contributed by atoms with E-state index in [1.54, 1.807) is 23.3 Å². The van der Waals surface area contributed by atoms with E-state index >= 15 is 0 Å². The molecule has 0 aliphatic rings. The summed E-state index contributed by atoms with van der Waals surface area (Å²) in [6.45, 7) is 0.415. The Morgan fingerprint density at radius 3 is 2.39 bits per heavy atom. The monoisotopic (exact) mass is 368 g/mol. The fraction of sp³-hybridized carbons (Fsp3) is 0.0870. The molecule has 0 saturated heterocycles. The maximum atomic E-state index is 12.5. The summed E-state index contributed by atoms with van der Waals surface area (Å²) < 4.78 is 1.80. The molecular formula is C23H20N4O. The third-order valence-corrected chi connectivity index (χ3v) is 4.62. The molecule has 0 atom stereocenters. The predicted molar refractivity (Wildman–Crippen MR) is 109 cm³/mol. The Bertz CT molecular complexity index is 1090. The summed E-state index contributed by atoms with van der Waals surface area (Å²) in [5.74, 6) is -0.106. The summed E-state index contributed by atoms with van der Waals surface area (Å²) in [6, 6.07) is 21.7. The van der Waals surface area contributed by atoms with E-state index in [4.69, 9.17) is 0 Å². The minimum Gasteiger partial charge on any atom is -0.348 e. The SMILES string of the molecule is Cn1nccc1-c1cncc(CNC(=O)c2ccc(-c3ccccc3)cc2)c1. The Labute approximate surface area is 163 Å². The van der Waals surface area contributed by atoms with Crippen molar-refractivity contribution in [1.29, 1.82) is 0 Å². The van der Waals surface area contributed by atoms with Gasteiger partial charge in [-0.3, -0.25) is 14.5 Å². The molecule has 138 valence electrons. The molecule has 2 aromatic carbocycles. The summed E-state index contributed by atoms with van der Waals surface area (Å²) in [5, 5.41) is 7.14. The van der Waals surface area contributed by atoms with Gasteiger partial charge in [0, 0.05) is 43.3 Å². The van der Waals surface area contributed by atoms with E-state index in [0.29, 0.717) is 12.1 Å². The average Bonchev–Trinajstić information content (AvgIpc) is 3.19. The first kappa shape index (κ1) is 17.7. The first-order chi connectivity index (χ1) is 13.7. The molecule has 0 radical (unpaired) electrons. The lowest BCUT2D eigenvalue weighted by Crippen LogP contribution is -2.22. The fourth-order valence-electron chi connectivity index (χ4n) is 3.11. The number of amides is 1. The van der Waals surface area contributed by atoms with Crippen LogP contribution in [0.4, 0.5) is 0 Å². The molecule has 4 aromatic rings. The predicted octanol–water partition coefficient (Wildman–Crippen LogP) is 4.08. The standard InChI is InChI=1S/C23H20N4O/c1-27-22(11-12-26-27)21-13-17(14-24-16-21)15-25-23(28)20-9-7-19(8-10-20)18-5-3-2-4-6-18/h2-14,16H,15H2,1H3,(H,25,28). The summed E-state index contributed by atoms with van der Waals surface area (Å²) in [6.07, 6.45) is 5.31. The van der Waals surface area contributed by atoms with Gasteiger partial charge >= 0.3 is 0 Å². The molecule has 0 saturated carbocycles. The van der Waals surface area contributed by atoms with Gasteiger partial charge in [0.05, 0.1) is 5.69 Å². The number of rotatable bonds is 5. The zero-order valence-corrected chi connectivity index (χ0v) is 15.5. The van der Waals surface area contributed by atoms with Crippen LogP contribution in [0.25, 0.3) is 22.4 Å². The highest BCUT2D eigenvalue weighted by molar-refractivity contribution is 5.94. The number of nitrogens with zero attached hydrogens (tertiary/aromatic N) is 3. The number of aromatic nitrogens is 3. The zero-order chi connectivity index (χ0) is 19.3. The number of carbonyl (C=O) groups is 1. The van der Waals surface area contributed by atoms with Crippen LogP contribution in [0.3, 0.4) is 0 Å². The summed E-state index contributed by atoms with van der Waals surface area (Å²) in [4.78, 5) is 16.8. The lowest BCUT2D eigenvalue weighted by Gasteiger charge is -2.08. The number of aryl methyl sites for hydroxylation is 1. The van der Waals surface area contributed by atoms with Gasteiger partial charge in [0.1, 0.15) is 0 Å². The summed E-state index contributed by atoms with van der Waals surface area (Å²) in [5.41, 5.74) is 5.75. The van der Waals surface area contributed by atoms with Crippen molar-refractivity contribution in [3.63, 3.8) is 0 Å². The van der Waals surface area contributed by atoms with Crippen LogP contribution in [0.5, 0.6) is 0 Å². The van der Waals surface area contributed by atoms with Gasteiger partial charge in [-0.1, -0.05) is 42.5 Å². The lowest BCUT2D eigenvalue weighted by molar-refractivity contribution is 0.0951. The molecule has 2 heterocycles. The summed E-state index contributed by atoms with van der Waals surface area (Å²) >= 11 is 0. The summed E-state index contributed by atoms with van der Waals surface area (Å²) in [7, 11) is 1.89. The number of benzene rings is 2. The van der Waals surface area contributed by atoms with E-state index in [2.05, 4.69) is 27.5 Å². The van der Waals surface area contributed by atoms with Gasteiger partial charge in [-0.25, -0.2) is 0 Å². The van der Waals surface area contributed by atoms with Crippen molar-refractivity contribution in [1.82, 2.24) is 20.1 Å².